The highest BCUT2D eigenvalue weighted by atomic mass is 16.5. The van der Waals surface area contributed by atoms with Crippen LogP contribution in [0.25, 0.3) is 11.1 Å². The summed E-state index contributed by atoms with van der Waals surface area (Å²) in [5.41, 5.74) is 5.91. The second-order valence-corrected chi connectivity index (χ2v) is 10.0. The maximum absolute atomic E-state index is 13.6. The average molecular weight is 538 g/mol. The predicted octanol–water partition coefficient (Wildman–Crippen LogP) is 6.92. The topological polar surface area (TPSA) is 49.0 Å². The molecule has 6 rings (SSSR count). The highest BCUT2D eigenvalue weighted by Crippen LogP contribution is 2.41. The summed E-state index contributed by atoms with van der Waals surface area (Å²) in [6.45, 7) is 2.44. The van der Waals surface area contributed by atoms with Gasteiger partial charge in [0.05, 0.1) is 25.7 Å². The van der Waals surface area contributed by atoms with Gasteiger partial charge in [0, 0.05) is 17.5 Å². The molecule has 0 radical (unpaired) electrons. The largest absolute Gasteiger partial charge is 0.497 e. The van der Waals surface area contributed by atoms with Crippen molar-refractivity contribution < 1.29 is 4.74 Å². The second-order valence-electron chi connectivity index (χ2n) is 10.0. The zero-order valence-electron chi connectivity index (χ0n) is 23.1. The van der Waals surface area contributed by atoms with E-state index in [0.717, 1.165) is 33.6 Å². The molecule has 0 aliphatic rings. The van der Waals surface area contributed by atoms with Gasteiger partial charge in [0.15, 0.2) is 0 Å². The molecule has 0 saturated heterocycles. The van der Waals surface area contributed by atoms with Crippen molar-refractivity contribution in [1.29, 1.82) is 0 Å². The molecule has 0 spiro atoms. The molecule has 0 N–H and O–H groups in total. The van der Waals surface area contributed by atoms with Crippen molar-refractivity contribution >= 4 is 0 Å². The van der Waals surface area contributed by atoms with Gasteiger partial charge in [-0.3, -0.25) is 4.79 Å². The molecule has 202 valence electrons. The van der Waals surface area contributed by atoms with Gasteiger partial charge in [-0.1, -0.05) is 103 Å². The standard InChI is InChI=1S/C36H31N3O2/c1-27-34(25-38-23-13-22-33(35(38)40)28-14-12-21-32(24-28)41-2)37-26-39(27)36(29-15-6-3-7-16-29,30-17-8-4-9-18-30)31-19-10-5-11-20-31/h3-24,26H,25H2,1-2H3. The Morgan fingerprint density at radius 1 is 0.732 bits per heavy atom. The Hall–Kier alpha value is -5.16. The molecule has 0 unspecified atom stereocenters. The minimum atomic E-state index is -0.660. The number of aromatic nitrogens is 3. The molecule has 41 heavy (non-hydrogen) atoms. The third-order valence-corrected chi connectivity index (χ3v) is 7.77. The lowest BCUT2D eigenvalue weighted by atomic mass is 9.76. The molecule has 0 amide bonds. The summed E-state index contributed by atoms with van der Waals surface area (Å²) in [6, 6.07) is 42.9. The van der Waals surface area contributed by atoms with Gasteiger partial charge < -0.3 is 13.9 Å². The molecule has 5 heteroatoms. The Labute approximate surface area is 240 Å². The average Bonchev–Trinajstić information content (AvgIpc) is 3.40. The second kappa shape index (κ2) is 11.1. The summed E-state index contributed by atoms with van der Waals surface area (Å²) in [7, 11) is 1.63. The van der Waals surface area contributed by atoms with Gasteiger partial charge in [-0.2, -0.15) is 0 Å². The third kappa shape index (κ3) is 4.66. The van der Waals surface area contributed by atoms with Crippen LogP contribution in [-0.4, -0.2) is 21.2 Å². The summed E-state index contributed by atoms with van der Waals surface area (Å²) in [6.07, 6.45) is 3.73. The normalized spacial score (nSPS) is 11.4. The summed E-state index contributed by atoms with van der Waals surface area (Å²) in [5, 5.41) is 0. The molecule has 4 aromatic carbocycles. The van der Waals surface area contributed by atoms with Crippen LogP contribution in [-0.2, 0) is 12.1 Å². The molecular weight excluding hydrogens is 506 g/mol. The van der Waals surface area contributed by atoms with Crippen molar-refractivity contribution in [2.75, 3.05) is 7.11 Å². The number of benzene rings is 4. The zero-order chi connectivity index (χ0) is 28.2. The summed E-state index contributed by atoms with van der Waals surface area (Å²) >= 11 is 0. The number of imidazole rings is 1. The smallest absolute Gasteiger partial charge is 0.258 e. The van der Waals surface area contributed by atoms with Crippen LogP contribution in [0.4, 0.5) is 0 Å². The highest BCUT2D eigenvalue weighted by molar-refractivity contribution is 5.64. The fourth-order valence-corrected chi connectivity index (χ4v) is 5.73. The number of hydrogen-bond donors (Lipinski definition) is 0. The van der Waals surface area contributed by atoms with E-state index in [9.17, 15) is 4.79 Å². The Kier molecular flexibility index (Phi) is 7.09. The molecule has 2 aromatic heterocycles. The van der Waals surface area contributed by atoms with E-state index in [4.69, 9.17) is 9.72 Å². The van der Waals surface area contributed by atoms with Crippen molar-refractivity contribution in [2.45, 2.75) is 19.0 Å². The van der Waals surface area contributed by atoms with Crippen molar-refractivity contribution in [2.24, 2.45) is 0 Å². The molecular formula is C36H31N3O2. The van der Waals surface area contributed by atoms with Crippen LogP contribution >= 0.6 is 0 Å². The van der Waals surface area contributed by atoms with Crippen LogP contribution in [0.1, 0.15) is 28.1 Å². The van der Waals surface area contributed by atoms with E-state index in [1.807, 2.05) is 67.1 Å². The molecule has 0 bridgehead atoms. The molecule has 0 aliphatic heterocycles. The Balaban J connectivity index is 1.50. The fraction of sp³-hybridized carbons (Fsp3) is 0.111. The Morgan fingerprint density at radius 2 is 1.32 bits per heavy atom. The van der Waals surface area contributed by atoms with Crippen LogP contribution in [0.5, 0.6) is 5.75 Å². The molecule has 0 saturated carbocycles. The van der Waals surface area contributed by atoms with Gasteiger partial charge >= 0.3 is 0 Å². The van der Waals surface area contributed by atoms with Gasteiger partial charge in [-0.15, -0.1) is 0 Å². The number of hydrogen-bond acceptors (Lipinski definition) is 3. The first-order valence-electron chi connectivity index (χ1n) is 13.7. The van der Waals surface area contributed by atoms with E-state index in [1.54, 1.807) is 11.7 Å². The van der Waals surface area contributed by atoms with Gasteiger partial charge in [-0.05, 0) is 53.4 Å². The molecule has 0 atom stereocenters. The number of rotatable bonds is 8. The lowest BCUT2D eigenvalue weighted by Crippen LogP contribution is -2.38. The van der Waals surface area contributed by atoms with Gasteiger partial charge in [-0.25, -0.2) is 4.98 Å². The lowest BCUT2D eigenvalue weighted by Gasteiger charge is -2.38. The molecule has 2 heterocycles. The van der Waals surface area contributed by atoms with Crippen molar-refractivity contribution in [3.63, 3.8) is 0 Å². The summed E-state index contributed by atoms with van der Waals surface area (Å²) < 4.78 is 9.36. The summed E-state index contributed by atoms with van der Waals surface area (Å²) in [4.78, 5) is 18.5. The Bertz CT molecular complexity index is 1730. The van der Waals surface area contributed by atoms with Gasteiger partial charge in [0.25, 0.3) is 5.56 Å². The zero-order valence-corrected chi connectivity index (χ0v) is 23.1. The van der Waals surface area contributed by atoms with Crippen LogP contribution in [0, 0.1) is 6.92 Å². The fourth-order valence-electron chi connectivity index (χ4n) is 5.73. The quantitative estimate of drug-likeness (QED) is 0.198. The van der Waals surface area contributed by atoms with Crippen LogP contribution in [0.2, 0.25) is 0 Å². The van der Waals surface area contributed by atoms with Crippen molar-refractivity contribution in [3.05, 3.63) is 178 Å². The number of nitrogens with zero attached hydrogens (tertiary/aromatic N) is 3. The van der Waals surface area contributed by atoms with E-state index in [2.05, 4.69) is 84.3 Å². The third-order valence-electron chi connectivity index (χ3n) is 7.77. The minimum absolute atomic E-state index is 0.0739. The van der Waals surface area contributed by atoms with Gasteiger partial charge in [0.1, 0.15) is 11.3 Å². The first-order valence-corrected chi connectivity index (χ1v) is 13.7. The number of pyridine rings is 1. The van der Waals surface area contributed by atoms with Gasteiger partial charge in [0.2, 0.25) is 0 Å². The van der Waals surface area contributed by atoms with Crippen molar-refractivity contribution in [1.82, 2.24) is 14.1 Å². The molecule has 0 aliphatic carbocycles. The van der Waals surface area contributed by atoms with Crippen LogP contribution in [0.3, 0.4) is 0 Å². The lowest BCUT2D eigenvalue weighted by molar-refractivity contribution is 0.415. The van der Waals surface area contributed by atoms with E-state index < -0.39 is 5.54 Å². The van der Waals surface area contributed by atoms with E-state index >= 15 is 0 Å². The number of methoxy groups -OCH3 is 1. The maximum atomic E-state index is 13.6. The highest BCUT2D eigenvalue weighted by Gasteiger charge is 2.39. The summed E-state index contributed by atoms with van der Waals surface area (Å²) in [5.74, 6) is 0.714. The van der Waals surface area contributed by atoms with Crippen molar-refractivity contribution in [3.8, 4) is 16.9 Å². The molecule has 0 fully saturated rings. The first kappa shape index (κ1) is 26.1. The Morgan fingerprint density at radius 3 is 1.88 bits per heavy atom. The van der Waals surface area contributed by atoms with E-state index in [-0.39, 0.29) is 5.56 Å². The first-order chi connectivity index (χ1) is 20.1. The predicted molar refractivity (Wildman–Crippen MR) is 163 cm³/mol. The number of ether oxygens (including phenoxy) is 1. The van der Waals surface area contributed by atoms with Crippen LogP contribution < -0.4 is 10.3 Å². The molecule has 6 aromatic rings. The molecule has 5 nitrogen and oxygen atoms in total. The van der Waals surface area contributed by atoms with E-state index in [0.29, 0.717) is 17.9 Å². The SMILES string of the molecule is COc1cccc(-c2cccn(Cc3ncn(C(c4ccccc4)(c4ccccc4)c4ccccc4)c3C)c2=O)c1. The van der Waals surface area contributed by atoms with Crippen LogP contribution in [0.15, 0.2) is 145 Å². The minimum Gasteiger partial charge on any atom is -0.497 e. The van der Waals surface area contributed by atoms with E-state index in [1.165, 1.54) is 0 Å². The monoisotopic (exact) mass is 537 g/mol. The maximum Gasteiger partial charge on any atom is 0.258 e.